The van der Waals surface area contributed by atoms with Crippen LogP contribution in [0.15, 0.2) is 48.9 Å². The molecule has 4 heterocycles. The zero-order valence-electron chi connectivity index (χ0n) is 19.2. The molecule has 9 heteroatoms. The summed E-state index contributed by atoms with van der Waals surface area (Å²) in [5.74, 6) is 0.883. The third kappa shape index (κ3) is 5.38. The van der Waals surface area contributed by atoms with Gasteiger partial charge in [-0.05, 0) is 37.2 Å². The molecule has 33 heavy (non-hydrogen) atoms. The van der Waals surface area contributed by atoms with Crippen LogP contribution in [-0.2, 0) is 0 Å². The molecule has 1 aliphatic heterocycles. The van der Waals surface area contributed by atoms with Crippen LogP contribution in [0.2, 0.25) is 0 Å². The maximum atomic E-state index is 12.0. The third-order valence-corrected chi connectivity index (χ3v) is 5.70. The molecule has 172 valence electrons. The Kier molecular flexibility index (Phi) is 6.69. The van der Waals surface area contributed by atoms with Gasteiger partial charge in [-0.2, -0.15) is 0 Å². The Morgan fingerprint density at radius 1 is 0.970 bits per heavy atom. The molecule has 0 spiro atoms. The van der Waals surface area contributed by atoms with Crippen molar-refractivity contribution in [1.82, 2.24) is 19.9 Å². The van der Waals surface area contributed by atoms with E-state index in [1.165, 1.54) is 6.20 Å². The predicted molar refractivity (Wildman–Crippen MR) is 132 cm³/mol. The van der Waals surface area contributed by atoms with Crippen molar-refractivity contribution in [3.63, 3.8) is 0 Å². The first-order chi connectivity index (χ1) is 15.9. The van der Waals surface area contributed by atoms with Gasteiger partial charge in [-0.3, -0.25) is 9.78 Å². The van der Waals surface area contributed by atoms with Gasteiger partial charge in [0.05, 0.1) is 34.5 Å². The van der Waals surface area contributed by atoms with E-state index in [4.69, 9.17) is 5.73 Å². The molecule has 4 rings (SSSR count). The molecule has 1 aliphatic rings. The smallest absolute Gasteiger partial charge is 0.252 e. The number of pyridine rings is 3. The molecule has 0 radical (unpaired) electrons. The summed E-state index contributed by atoms with van der Waals surface area (Å²) in [6.07, 6.45) is 5.10. The highest BCUT2D eigenvalue weighted by atomic mass is 16.1. The van der Waals surface area contributed by atoms with E-state index in [1.807, 2.05) is 24.4 Å². The number of piperazine rings is 1. The van der Waals surface area contributed by atoms with Gasteiger partial charge in [-0.1, -0.05) is 13.8 Å². The fraction of sp³-hybridized carbons (Fsp3) is 0.333. The Labute approximate surface area is 194 Å². The number of amides is 1. The number of anilines is 5. The lowest BCUT2D eigenvalue weighted by Gasteiger charge is -2.33. The number of carbonyl (C=O) groups excluding carboxylic acids is 1. The first-order valence-corrected chi connectivity index (χ1v) is 11.1. The van der Waals surface area contributed by atoms with Gasteiger partial charge in [0.25, 0.3) is 5.91 Å². The second kappa shape index (κ2) is 9.83. The molecule has 4 N–H and O–H groups in total. The van der Waals surface area contributed by atoms with E-state index in [-0.39, 0.29) is 5.92 Å². The summed E-state index contributed by atoms with van der Waals surface area (Å²) in [5, 5.41) is 6.53. The van der Waals surface area contributed by atoms with E-state index in [2.05, 4.69) is 62.3 Å². The molecule has 0 bridgehead atoms. The zero-order chi connectivity index (χ0) is 23.4. The quantitative estimate of drug-likeness (QED) is 0.507. The van der Waals surface area contributed by atoms with Crippen molar-refractivity contribution in [1.29, 1.82) is 0 Å². The highest BCUT2D eigenvalue weighted by molar-refractivity contribution is 5.99. The van der Waals surface area contributed by atoms with Crippen LogP contribution >= 0.6 is 0 Å². The summed E-state index contributed by atoms with van der Waals surface area (Å²) in [4.78, 5) is 30.0. The topological polar surface area (TPSA) is 112 Å². The summed E-state index contributed by atoms with van der Waals surface area (Å²) < 4.78 is 0. The number of hydrogen-bond acceptors (Lipinski definition) is 8. The molecule has 9 nitrogen and oxygen atoms in total. The summed E-state index contributed by atoms with van der Waals surface area (Å²) in [6.45, 7) is 8.20. The van der Waals surface area contributed by atoms with Gasteiger partial charge < -0.3 is 26.2 Å². The van der Waals surface area contributed by atoms with Crippen molar-refractivity contribution >= 4 is 34.6 Å². The van der Waals surface area contributed by atoms with Gasteiger partial charge in [0.2, 0.25) is 0 Å². The minimum atomic E-state index is -0.554. The van der Waals surface area contributed by atoms with Gasteiger partial charge in [0.1, 0.15) is 11.6 Å². The van der Waals surface area contributed by atoms with Crippen LogP contribution in [0.4, 0.5) is 28.7 Å². The number of carbonyl (C=O) groups is 1. The largest absolute Gasteiger partial charge is 0.368 e. The van der Waals surface area contributed by atoms with Crippen LogP contribution in [-0.4, -0.2) is 59.0 Å². The summed E-state index contributed by atoms with van der Waals surface area (Å²) in [5.41, 5.74) is 9.28. The standard InChI is InChI=1S/C24H30N8O/c1-16(2)23-19(5-4-8-26-23)29-20-13-22(28-15-18(20)24(25)33)30-21-7-6-17(14-27-21)32-11-9-31(3)10-12-32/h4-8,13-16H,9-12H2,1-3H3,(H2,25,33)(H2,27,28,29,30). The molecular weight excluding hydrogens is 416 g/mol. The van der Waals surface area contributed by atoms with Gasteiger partial charge in [0, 0.05) is 44.6 Å². The van der Waals surface area contributed by atoms with E-state index in [0.29, 0.717) is 22.9 Å². The maximum absolute atomic E-state index is 12.0. The minimum Gasteiger partial charge on any atom is -0.368 e. The van der Waals surface area contributed by atoms with Crippen LogP contribution in [0.5, 0.6) is 0 Å². The molecule has 0 aliphatic carbocycles. The molecule has 0 atom stereocenters. The van der Waals surface area contributed by atoms with Gasteiger partial charge in [-0.25, -0.2) is 9.97 Å². The lowest BCUT2D eigenvalue weighted by molar-refractivity contribution is 0.100. The van der Waals surface area contributed by atoms with Crippen LogP contribution in [0, 0.1) is 0 Å². The van der Waals surface area contributed by atoms with E-state index < -0.39 is 5.91 Å². The summed E-state index contributed by atoms with van der Waals surface area (Å²) in [6, 6.07) is 9.53. The zero-order valence-corrected chi connectivity index (χ0v) is 19.2. The van der Waals surface area contributed by atoms with E-state index in [1.54, 1.807) is 12.3 Å². The van der Waals surface area contributed by atoms with Crippen molar-refractivity contribution in [2.75, 3.05) is 48.8 Å². The number of nitrogens with zero attached hydrogens (tertiary/aromatic N) is 5. The average Bonchev–Trinajstić information content (AvgIpc) is 2.80. The molecule has 1 fully saturated rings. The van der Waals surface area contributed by atoms with Crippen molar-refractivity contribution in [3.8, 4) is 0 Å². The average molecular weight is 447 g/mol. The van der Waals surface area contributed by atoms with Crippen molar-refractivity contribution in [2.45, 2.75) is 19.8 Å². The highest BCUT2D eigenvalue weighted by Crippen LogP contribution is 2.29. The van der Waals surface area contributed by atoms with Crippen molar-refractivity contribution in [2.24, 2.45) is 5.73 Å². The molecule has 1 amide bonds. The van der Waals surface area contributed by atoms with Crippen LogP contribution in [0.3, 0.4) is 0 Å². The Balaban J connectivity index is 1.54. The third-order valence-electron chi connectivity index (χ3n) is 5.70. The molecule has 3 aromatic heterocycles. The first kappa shape index (κ1) is 22.5. The number of nitrogens with one attached hydrogen (secondary N) is 2. The number of primary amides is 1. The molecular formula is C24H30N8O. The fourth-order valence-corrected chi connectivity index (χ4v) is 3.79. The Morgan fingerprint density at radius 2 is 1.73 bits per heavy atom. The van der Waals surface area contributed by atoms with E-state index >= 15 is 0 Å². The second-order valence-electron chi connectivity index (χ2n) is 8.51. The molecule has 0 saturated carbocycles. The fourth-order valence-electron chi connectivity index (χ4n) is 3.79. The Hall–Kier alpha value is -3.72. The van der Waals surface area contributed by atoms with E-state index in [0.717, 1.165) is 43.2 Å². The lowest BCUT2D eigenvalue weighted by atomic mass is 10.1. The number of nitrogens with two attached hydrogens (primary N) is 1. The van der Waals surface area contributed by atoms with Crippen molar-refractivity contribution in [3.05, 3.63) is 60.2 Å². The normalized spacial score (nSPS) is 14.4. The number of rotatable bonds is 7. The minimum absolute atomic E-state index is 0.216. The number of aromatic nitrogens is 3. The SMILES string of the molecule is CC(C)c1ncccc1Nc1cc(Nc2ccc(N3CCN(C)CC3)cn2)ncc1C(N)=O. The predicted octanol–water partition coefficient (Wildman–Crippen LogP) is 3.33. The van der Waals surface area contributed by atoms with Crippen LogP contribution < -0.4 is 21.3 Å². The number of likely N-dealkylation sites (N-methyl/N-ethyl adjacent to an activating group) is 1. The first-order valence-electron chi connectivity index (χ1n) is 11.1. The van der Waals surface area contributed by atoms with Gasteiger partial charge in [0.15, 0.2) is 0 Å². The van der Waals surface area contributed by atoms with E-state index in [9.17, 15) is 4.79 Å². The molecule has 0 unspecified atom stereocenters. The molecule has 3 aromatic rings. The molecule has 0 aromatic carbocycles. The Morgan fingerprint density at radius 3 is 2.39 bits per heavy atom. The monoisotopic (exact) mass is 446 g/mol. The second-order valence-corrected chi connectivity index (χ2v) is 8.51. The van der Waals surface area contributed by atoms with Gasteiger partial charge in [-0.15, -0.1) is 0 Å². The summed E-state index contributed by atoms with van der Waals surface area (Å²) in [7, 11) is 2.14. The van der Waals surface area contributed by atoms with Crippen LogP contribution in [0.25, 0.3) is 0 Å². The number of hydrogen-bond donors (Lipinski definition) is 3. The molecule has 1 saturated heterocycles. The highest BCUT2D eigenvalue weighted by Gasteiger charge is 2.16. The van der Waals surface area contributed by atoms with Gasteiger partial charge >= 0.3 is 0 Å². The Bertz CT molecular complexity index is 1110. The summed E-state index contributed by atoms with van der Waals surface area (Å²) >= 11 is 0. The van der Waals surface area contributed by atoms with Crippen LogP contribution in [0.1, 0.15) is 35.8 Å². The lowest BCUT2D eigenvalue weighted by Crippen LogP contribution is -2.44. The maximum Gasteiger partial charge on any atom is 0.252 e. The van der Waals surface area contributed by atoms with Crippen molar-refractivity contribution < 1.29 is 4.79 Å².